The third kappa shape index (κ3) is 3.66. The fraction of sp³-hybridized carbons (Fsp3) is 0.263. The maximum Gasteiger partial charge on any atom is 0.330 e. The molecule has 0 aromatic heterocycles. The molecule has 2 N–H and O–H groups in total. The zero-order valence-corrected chi connectivity index (χ0v) is 14.8. The lowest BCUT2D eigenvalue weighted by atomic mass is 9.96. The van der Waals surface area contributed by atoms with Crippen molar-refractivity contribution in [2.24, 2.45) is 0 Å². The fourth-order valence-electron chi connectivity index (χ4n) is 2.98. The molecule has 136 valence electrons. The number of rotatable bonds is 5. The second kappa shape index (κ2) is 7.76. The normalized spacial score (nSPS) is 17.1. The molecule has 2 atom stereocenters. The summed E-state index contributed by atoms with van der Waals surface area (Å²) in [4.78, 5) is 24.4. The van der Waals surface area contributed by atoms with E-state index in [1.807, 2.05) is 24.3 Å². The molecular formula is C19H18ClNO5. The lowest BCUT2D eigenvalue weighted by molar-refractivity contribution is -0.145. The van der Waals surface area contributed by atoms with Crippen LogP contribution >= 0.6 is 11.6 Å². The summed E-state index contributed by atoms with van der Waals surface area (Å²) in [6.07, 6.45) is -0.119. The van der Waals surface area contributed by atoms with Gasteiger partial charge in [0.05, 0.1) is 18.7 Å². The summed E-state index contributed by atoms with van der Waals surface area (Å²) < 4.78 is 10.7. The van der Waals surface area contributed by atoms with Gasteiger partial charge >= 0.3 is 5.97 Å². The van der Waals surface area contributed by atoms with Crippen LogP contribution < -0.4 is 10.1 Å². The number of benzene rings is 2. The van der Waals surface area contributed by atoms with Crippen LogP contribution in [0.3, 0.4) is 0 Å². The summed E-state index contributed by atoms with van der Waals surface area (Å²) >= 11 is 6.08. The second-order valence-corrected chi connectivity index (χ2v) is 6.28. The molecule has 1 heterocycles. The number of carboxylic acids is 1. The Kier molecular flexibility index (Phi) is 5.44. The van der Waals surface area contributed by atoms with E-state index in [1.54, 1.807) is 12.1 Å². The molecule has 0 saturated heterocycles. The molecule has 0 radical (unpaired) electrons. The molecule has 1 aliphatic rings. The van der Waals surface area contributed by atoms with E-state index in [0.29, 0.717) is 17.9 Å². The number of carbonyl (C=O) groups excluding carboxylic acids is 1. The number of hydrogen-bond acceptors (Lipinski definition) is 4. The minimum atomic E-state index is -1.25. The van der Waals surface area contributed by atoms with Crippen LogP contribution in [0.4, 0.5) is 0 Å². The lowest BCUT2D eigenvalue weighted by Crippen LogP contribution is -2.39. The molecule has 3 rings (SSSR count). The average Bonchev–Trinajstić information content (AvgIpc) is 2.65. The number of carboxylic acid groups (broad SMARTS) is 1. The van der Waals surface area contributed by atoms with Crippen LogP contribution in [0, 0.1) is 0 Å². The summed E-state index contributed by atoms with van der Waals surface area (Å²) in [7, 11) is 1.47. The quantitative estimate of drug-likeness (QED) is 0.839. The van der Waals surface area contributed by atoms with Crippen molar-refractivity contribution in [3.05, 3.63) is 64.2 Å². The van der Waals surface area contributed by atoms with Crippen LogP contribution in [0.15, 0.2) is 42.5 Å². The highest BCUT2D eigenvalue weighted by atomic mass is 35.5. The van der Waals surface area contributed by atoms with E-state index in [4.69, 9.17) is 21.1 Å². The van der Waals surface area contributed by atoms with Crippen LogP contribution in [-0.2, 0) is 20.7 Å². The summed E-state index contributed by atoms with van der Waals surface area (Å²) in [6.45, 7) is 0.404. The Bertz CT molecular complexity index is 838. The number of aliphatic carboxylic acids is 1. The van der Waals surface area contributed by atoms with Crippen LogP contribution in [0.5, 0.6) is 5.75 Å². The Hall–Kier alpha value is -2.57. The summed E-state index contributed by atoms with van der Waals surface area (Å²) in [5.74, 6) is -1.27. The van der Waals surface area contributed by atoms with Gasteiger partial charge < -0.3 is 19.9 Å². The maximum absolute atomic E-state index is 12.7. The van der Waals surface area contributed by atoms with Crippen LogP contribution in [0.25, 0.3) is 0 Å². The largest absolute Gasteiger partial charge is 0.495 e. The van der Waals surface area contributed by atoms with E-state index in [-0.39, 0.29) is 5.02 Å². The van der Waals surface area contributed by atoms with Gasteiger partial charge in [-0.3, -0.25) is 4.79 Å². The highest BCUT2D eigenvalue weighted by Gasteiger charge is 2.31. The number of hydrogen-bond donors (Lipinski definition) is 2. The van der Waals surface area contributed by atoms with Gasteiger partial charge in [0, 0.05) is 0 Å². The second-order valence-electron chi connectivity index (χ2n) is 5.87. The van der Waals surface area contributed by atoms with Crippen molar-refractivity contribution >= 4 is 23.5 Å². The van der Waals surface area contributed by atoms with E-state index in [0.717, 1.165) is 17.5 Å². The summed E-state index contributed by atoms with van der Waals surface area (Å²) in [5.41, 5.74) is 2.13. The fourth-order valence-corrected chi connectivity index (χ4v) is 3.25. The number of halogens is 1. The highest BCUT2D eigenvalue weighted by molar-refractivity contribution is 6.32. The molecule has 6 nitrogen and oxygen atoms in total. The highest BCUT2D eigenvalue weighted by Crippen LogP contribution is 2.30. The van der Waals surface area contributed by atoms with Crippen molar-refractivity contribution < 1.29 is 24.2 Å². The predicted molar refractivity (Wildman–Crippen MR) is 95.4 cm³/mol. The SMILES string of the molecule is COc1ccc(C(NC(=O)C2OCCc3ccccc32)C(=O)O)cc1Cl. The van der Waals surface area contributed by atoms with Gasteiger partial charge in [0.25, 0.3) is 5.91 Å². The molecule has 2 unspecified atom stereocenters. The first-order valence-electron chi connectivity index (χ1n) is 8.07. The van der Waals surface area contributed by atoms with Crippen molar-refractivity contribution in [1.29, 1.82) is 0 Å². The Morgan fingerprint density at radius 3 is 2.77 bits per heavy atom. The van der Waals surface area contributed by atoms with Crippen molar-refractivity contribution in [2.45, 2.75) is 18.6 Å². The van der Waals surface area contributed by atoms with E-state index in [9.17, 15) is 14.7 Å². The third-order valence-electron chi connectivity index (χ3n) is 4.27. The number of fused-ring (bicyclic) bond motifs is 1. The number of nitrogens with one attached hydrogen (secondary N) is 1. The van der Waals surface area contributed by atoms with Gasteiger partial charge in [-0.25, -0.2) is 4.79 Å². The maximum atomic E-state index is 12.7. The van der Waals surface area contributed by atoms with Gasteiger partial charge in [0.1, 0.15) is 5.75 Å². The molecule has 1 amide bonds. The molecule has 7 heteroatoms. The first-order chi connectivity index (χ1) is 12.5. The zero-order chi connectivity index (χ0) is 18.7. The van der Waals surface area contributed by atoms with Gasteiger partial charge in [-0.1, -0.05) is 41.9 Å². The van der Waals surface area contributed by atoms with Crippen molar-refractivity contribution in [1.82, 2.24) is 5.32 Å². The molecule has 0 bridgehead atoms. The standard InChI is InChI=1S/C19H18ClNO5/c1-25-15-7-6-12(10-14(15)20)16(19(23)24)21-18(22)17-13-5-3-2-4-11(13)8-9-26-17/h2-7,10,16-17H,8-9H2,1H3,(H,21,22)(H,23,24). The molecule has 2 aromatic carbocycles. The van der Waals surface area contributed by atoms with E-state index >= 15 is 0 Å². The number of methoxy groups -OCH3 is 1. The van der Waals surface area contributed by atoms with E-state index < -0.39 is 24.0 Å². The monoisotopic (exact) mass is 375 g/mol. The molecule has 1 aliphatic heterocycles. The van der Waals surface area contributed by atoms with Gasteiger partial charge in [-0.05, 0) is 35.2 Å². The van der Waals surface area contributed by atoms with E-state index in [2.05, 4.69) is 5.32 Å². The van der Waals surface area contributed by atoms with Crippen molar-refractivity contribution in [2.75, 3.05) is 13.7 Å². The summed E-state index contributed by atoms with van der Waals surface area (Å²) in [5, 5.41) is 12.4. The molecule has 26 heavy (non-hydrogen) atoms. The molecular weight excluding hydrogens is 358 g/mol. The van der Waals surface area contributed by atoms with Gasteiger partial charge in [-0.15, -0.1) is 0 Å². The predicted octanol–water partition coefficient (Wildman–Crippen LogP) is 2.90. The average molecular weight is 376 g/mol. The zero-order valence-electron chi connectivity index (χ0n) is 14.1. The number of carbonyl (C=O) groups is 2. The Morgan fingerprint density at radius 2 is 2.08 bits per heavy atom. The van der Waals surface area contributed by atoms with E-state index in [1.165, 1.54) is 13.2 Å². The van der Waals surface area contributed by atoms with Gasteiger partial charge in [0.2, 0.25) is 0 Å². The van der Waals surface area contributed by atoms with Crippen LogP contribution in [-0.4, -0.2) is 30.7 Å². The molecule has 0 saturated carbocycles. The Balaban J connectivity index is 1.84. The Morgan fingerprint density at radius 1 is 1.31 bits per heavy atom. The molecule has 0 spiro atoms. The Labute approximate surface area is 155 Å². The van der Waals surface area contributed by atoms with Crippen LogP contribution in [0.1, 0.15) is 28.8 Å². The third-order valence-corrected chi connectivity index (χ3v) is 4.57. The van der Waals surface area contributed by atoms with Crippen molar-refractivity contribution in [3.8, 4) is 5.75 Å². The number of amides is 1. The minimum absolute atomic E-state index is 0.268. The first kappa shape index (κ1) is 18.2. The van der Waals surface area contributed by atoms with Crippen molar-refractivity contribution in [3.63, 3.8) is 0 Å². The number of ether oxygens (including phenoxy) is 2. The smallest absolute Gasteiger partial charge is 0.330 e. The minimum Gasteiger partial charge on any atom is -0.495 e. The van der Waals surface area contributed by atoms with Gasteiger partial charge in [-0.2, -0.15) is 0 Å². The molecule has 0 aliphatic carbocycles. The van der Waals surface area contributed by atoms with Crippen LogP contribution in [0.2, 0.25) is 5.02 Å². The topological polar surface area (TPSA) is 84.9 Å². The summed E-state index contributed by atoms with van der Waals surface area (Å²) in [6, 6.07) is 10.8. The first-order valence-corrected chi connectivity index (χ1v) is 8.45. The van der Waals surface area contributed by atoms with Gasteiger partial charge in [0.15, 0.2) is 12.1 Å². The lowest BCUT2D eigenvalue weighted by Gasteiger charge is -2.26. The molecule has 2 aromatic rings. The molecule has 0 fully saturated rings.